The zero-order chi connectivity index (χ0) is 26.1. The van der Waals surface area contributed by atoms with Gasteiger partial charge in [0.15, 0.2) is 5.82 Å². The van der Waals surface area contributed by atoms with Gasteiger partial charge in [-0.05, 0) is 38.5 Å². The summed E-state index contributed by atoms with van der Waals surface area (Å²) in [5, 5.41) is 16.2. The van der Waals surface area contributed by atoms with Gasteiger partial charge in [0.2, 0.25) is 5.91 Å². The van der Waals surface area contributed by atoms with E-state index >= 15 is 0 Å². The molecule has 11 nitrogen and oxygen atoms in total. The molecule has 0 spiro atoms. The number of aromatic hydroxyl groups is 1. The first kappa shape index (κ1) is 26.5. The molecule has 7 N–H and O–H groups in total. The van der Waals surface area contributed by atoms with Crippen LogP contribution in [-0.2, 0) is 9.53 Å². The Labute approximate surface area is 211 Å². The van der Waals surface area contributed by atoms with Crippen LogP contribution in [-0.4, -0.2) is 72.0 Å². The molecule has 1 amide bonds. The third kappa shape index (κ3) is 6.95. The Hall–Kier alpha value is -4.12. The highest BCUT2D eigenvalue weighted by Gasteiger charge is 2.15. The fraction of sp³-hybridized carbons (Fsp3) is 0.360. The topological polar surface area (TPSA) is 163 Å². The van der Waals surface area contributed by atoms with Gasteiger partial charge in [0.05, 0.1) is 36.7 Å². The zero-order valence-electron chi connectivity index (χ0n) is 20.9. The third-order valence-electron chi connectivity index (χ3n) is 5.60. The van der Waals surface area contributed by atoms with Crippen LogP contribution >= 0.6 is 0 Å². The lowest BCUT2D eigenvalue weighted by molar-refractivity contribution is -0.134. The van der Waals surface area contributed by atoms with Crippen molar-refractivity contribution in [1.82, 2.24) is 15.2 Å². The van der Waals surface area contributed by atoms with Crippen molar-refractivity contribution in [3.05, 3.63) is 53.4 Å². The second-order valence-corrected chi connectivity index (χ2v) is 8.23. The number of carbonyl (C=O) groups excluding carboxylic acids is 1. The van der Waals surface area contributed by atoms with E-state index in [9.17, 15) is 9.90 Å². The van der Waals surface area contributed by atoms with Gasteiger partial charge in [0.1, 0.15) is 17.4 Å². The van der Waals surface area contributed by atoms with Gasteiger partial charge < -0.3 is 36.8 Å². The SMILES string of the molecule is CCNc1cc(N=C(N)/C=C\NCC(=O)N2CCOCC2)ncc1C(N)=Nc1c(C)ccc(O)c1C. The number of aliphatic imine (C=N–C) groups is 2. The van der Waals surface area contributed by atoms with E-state index < -0.39 is 0 Å². The molecule has 3 rings (SSSR count). The zero-order valence-corrected chi connectivity index (χ0v) is 20.9. The highest BCUT2D eigenvalue weighted by Crippen LogP contribution is 2.31. The standard InChI is InChI=1S/C25H34N8O3/c1-4-29-19-13-22(31-21(26)7-8-28-15-23(35)33-9-11-36-12-10-33)30-14-18(19)25(27)32-24-16(2)5-6-20(34)17(24)3/h5-8,13-14,28,34H,4,9-12,15H2,1-3H3,(H2,27,32)(H3,26,29,30,31)/b8-7-. The molecule has 11 heteroatoms. The number of carbonyl (C=O) groups is 1. The minimum absolute atomic E-state index is 0.00125. The molecule has 36 heavy (non-hydrogen) atoms. The maximum Gasteiger partial charge on any atom is 0.242 e. The van der Waals surface area contributed by atoms with E-state index in [2.05, 4.69) is 25.6 Å². The number of amides is 1. The quantitative estimate of drug-likeness (QED) is 0.260. The molecule has 1 fully saturated rings. The minimum Gasteiger partial charge on any atom is -0.508 e. The lowest BCUT2D eigenvalue weighted by atomic mass is 10.1. The molecule has 0 unspecified atom stereocenters. The van der Waals surface area contributed by atoms with Crippen molar-refractivity contribution in [2.45, 2.75) is 20.8 Å². The molecule has 0 atom stereocenters. The normalized spacial score (nSPS) is 14.8. The van der Waals surface area contributed by atoms with Crippen molar-refractivity contribution < 1.29 is 14.6 Å². The van der Waals surface area contributed by atoms with Crippen LogP contribution in [0.3, 0.4) is 0 Å². The molecule has 0 radical (unpaired) electrons. The average molecular weight is 495 g/mol. The third-order valence-corrected chi connectivity index (χ3v) is 5.60. The number of morpholine rings is 1. The number of hydrogen-bond donors (Lipinski definition) is 5. The van der Waals surface area contributed by atoms with E-state index in [1.807, 2.05) is 13.8 Å². The number of benzene rings is 1. The molecule has 1 aromatic heterocycles. The van der Waals surface area contributed by atoms with Gasteiger partial charge in [-0.2, -0.15) is 0 Å². The summed E-state index contributed by atoms with van der Waals surface area (Å²) in [5.41, 5.74) is 15.8. The van der Waals surface area contributed by atoms with Crippen molar-refractivity contribution >= 4 is 34.8 Å². The molecule has 1 aliphatic heterocycles. The summed E-state index contributed by atoms with van der Waals surface area (Å²) in [4.78, 5) is 27.2. The van der Waals surface area contributed by atoms with Gasteiger partial charge in [-0.15, -0.1) is 0 Å². The maximum atomic E-state index is 12.2. The van der Waals surface area contributed by atoms with Crippen molar-refractivity contribution in [2.75, 3.05) is 44.7 Å². The summed E-state index contributed by atoms with van der Waals surface area (Å²) in [7, 11) is 0. The van der Waals surface area contributed by atoms with Crippen LogP contribution in [0.25, 0.3) is 0 Å². The monoisotopic (exact) mass is 494 g/mol. The predicted octanol–water partition coefficient (Wildman–Crippen LogP) is 1.82. The smallest absolute Gasteiger partial charge is 0.242 e. The fourth-order valence-electron chi connectivity index (χ4n) is 3.61. The molecule has 1 aromatic carbocycles. The number of aryl methyl sites for hydroxylation is 1. The van der Waals surface area contributed by atoms with Crippen LogP contribution in [0.15, 0.2) is 46.7 Å². The van der Waals surface area contributed by atoms with Crippen LogP contribution in [0.5, 0.6) is 5.75 Å². The first-order chi connectivity index (χ1) is 17.3. The van der Waals surface area contributed by atoms with Gasteiger partial charge in [-0.25, -0.2) is 15.0 Å². The lowest BCUT2D eigenvalue weighted by Crippen LogP contribution is -2.44. The average Bonchev–Trinajstić information content (AvgIpc) is 2.87. The van der Waals surface area contributed by atoms with Gasteiger partial charge in [0.25, 0.3) is 0 Å². The Bertz CT molecular complexity index is 1170. The van der Waals surface area contributed by atoms with Gasteiger partial charge in [-0.1, -0.05) is 6.07 Å². The van der Waals surface area contributed by atoms with E-state index in [4.69, 9.17) is 16.2 Å². The number of phenolic OH excluding ortho intramolecular Hbond substituents is 1. The molecule has 1 aliphatic rings. The number of anilines is 1. The molecule has 2 aromatic rings. The van der Waals surface area contributed by atoms with Crippen molar-refractivity contribution in [2.24, 2.45) is 21.5 Å². The number of ether oxygens (including phenoxy) is 1. The highest BCUT2D eigenvalue weighted by molar-refractivity contribution is 6.04. The molecule has 1 saturated heterocycles. The Morgan fingerprint density at radius 3 is 2.72 bits per heavy atom. The van der Waals surface area contributed by atoms with Crippen molar-refractivity contribution in [3.63, 3.8) is 0 Å². The number of nitrogens with two attached hydrogens (primary N) is 2. The van der Waals surface area contributed by atoms with Crippen molar-refractivity contribution in [1.29, 1.82) is 0 Å². The maximum absolute atomic E-state index is 12.2. The van der Waals surface area contributed by atoms with Crippen LogP contribution in [0.4, 0.5) is 17.2 Å². The fourth-order valence-corrected chi connectivity index (χ4v) is 3.61. The van der Waals surface area contributed by atoms with E-state index in [1.165, 1.54) is 0 Å². The van der Waals surface area contributed by atoms with Gasteiger partial charge in [-0.3, -0.25) is 4.79 Å². The molecule has 2 heterocycles. The number of nitrogens with zero attached hydrogens (tertiary/aromatic N) is 4. The Morgan fingerprint density at radius 1 is 1.25 bits per heavy atom. The Morgan fingerprint density at radius 2 is 2.00 bits per heavy atom. The summed E-state index contributed by atoms with van der Waals surface area (Å²) in [5.74, 6) is 1.02. The molecule has 0 saturated carbocycles. The predicted molar refractivity (Wildman–Crippen MR) is 142 cm³/mol. The molecule has 0 aliphatic carbocycles. The van der Waals surface area contributed by atoms with Crippen LogP contribution < -0.4 is 22.1 Å². The van der Waals surface area contributed by atoms with E-state index in [0.717, 1.165) is 5.56 Å². The number of hydrogen-bond acceptors (Lipinski definition) is 8. The number of amidine groups is 2. The molecule has 192 valence electrons. The minimum atomic E-state index is 0.00125. The number of rotatable bonds is 9. The largest absolute Gasteiger partial charge is 0.508 e. The number of phenols is 1. The molecular formula is C25H34N8O3. The highest BCUT2D eigenvalue weighted by atomic mass is 16.5. The Balaban J connectivity index is 1.72. The second-order valence-electron chi connectivity index (χ2n) is 8.23. The Kier molecular flexibility index (Phi) is 9.23. The summed E-state index contributed by atoms with van der Waals surface area (Å²) in [6.45, 7) is 8.81. The summed E-state index contributed by atoms with van der Waals surface area (Å²) in [6.07, 6.45) is 4.74. The summed E-state index contributed by atoms with van der Waals surface area (Å²) >= 11 is 0. The van der Waals surface area contributed by atoms with E-state index in [-0.39, 0.29) is 29.9 Å². The van der Waals surface area contributed by atoms with Crippen molar-refractivity contribution in [3.8, 4) is 5.75 Å². The van der Waals surface area contributed by atoms with E-state index in [1.54, 1.807) is 48.5 Å². The van der Waals surface area contributed by atoms with Crippen LogP contribution in [0.2, 0.25) is 0 Å². The molecular weight excluding hydrogens is 460 g/mol. The lowest BCUT2D eigenvalue weighted by Gasteiger charge is -2.26. The first-order valence-corrected chi connectivity index (χ1v) is 11.8. The van der Waals surface area contributed by atoms with E-state index in [0.29, 0.717) is 61.2 Å². The number of pyridine rings is 1. The van der Waals surface area contributed by atoms with Gasteiger partial charge >= 0.3 is 0 Å². The number of aromatic nitrogens is 1. The van der Waals surface area contributed by atoms with Crippen LogP contribution in [0, 0.1) is 13.8 Å². The first-order valence-electron chi connectivity index (χ1n) is 11.8. The second kappa shape index (κ2) is 12.5. The summed E-state index contributed by atoms with van der Waals surface area (Å²) < 4.78 is 5.25. The van der Waals surface area contributed by atoms with Crippen LogP contribution in [0.1, 0.15) is 23.6 Å². The molecule has 0 bridgehead atoms. The summed E-state index contributed by atoms with van der Waals surface area (Å²) in [6, 6.07) is 5.16. The van der Waals surface area contributed by atoms with Gasteiger partial charge in [0, 0.05) is 43.7 Å². The number of nitrogens with one attached hydrogen (secondary N) is 2.